The minimum Gasteiger partial charge on any atom is -0.421 e. The molecule has 2 aromatic rings. The van der Waals surface area contributed by atoms with Crippen molar-refractivity contribution >= 4 is 27.8 Å². The lowest BCUT2D eigenvalue weighted by Gasteiger charge is -2.23. The van der Waals surface area contributed by atoms with Crippen LogP contribution in [0.5, 0.6) is 5.75 Å². The molecule has 0 radical (unpaired) electrons. The van der Waals surface area contributed by atoms with Gasteiger partial charge in [-0.15, -0.1) is 11.3 Å². The second kappa shape index (κ2) is 5.44. The van der Waals surface area contributed by atoms with Gasteiger partial charge < -0.3 is 9.64 Å². The molecule has 0 bridgehead atoms. The van der Waals surface area contributed by atoms with E-state index in [0.717, 1.165) is 13.1 Å². The number of pyridine rings is 1. The van der Waals surface area contributed by atoms with Crippen molar-refractivity contribution in [1.82, 2.24) is 4.40 Å². The van der Waals surface area contributed by atoms with Gasteiger partial charge in [-0.3, -0.25) is 14.0 Å². The van der Waals surface area contributed by atoms with Gasteiger partial charge in [0.15, 0.2) is 5.75 Å². The van der Waals surface area contributed by atoms with Crippen LogP contribution < -0.4 is 15.2 Å². The molecule has 0 saturated carbocycles. The van der Waals surface area contributed by atoms with E-state index in [0.29, 0.717) is 16.3 Å². The average Bonchev–Trinajstić information content (AvgIpc) is 2.84. The van der Waals surface area contributed by atoms with Crippen molar-refractivity contribution in [3.05, 3.63) is 28.0 Å². The summed E-state index contributed by atoms with van der Waals surface area (Å²) in [5.41, 5.74) is 0.557. The maximum Gasteiger partial charge on any atom is 0.308 e. The second-order valence-corrected chi connectivity index (χ2v) is 4.94. The number of anilines is 1. The highest BCUT2D eigenvalue weighted by Gasteiger charge is 2.18. The molecule has 0 spiro atoms. The molecule has 0 fully saturated rings. The molecule has 0 saturated heterocycles. The molecule has 0 amide bonds. The Hall–Kier alpha value is -1.82. The fourth-order valence-electron chi connectivity index (χ4n) is 2.02. The van der Waals surface area contributed by atoms with Crippen LogP contribution in [0.2, 0.25) is 0 Å². The first-order chi connectivity index (χ1) is 9.08. The number of carbonyl (C=O) groups is 1. The molecule has 5 nitrogen and oxygen atoms in total. The van der Waals surface area contributed by atoms with Crippen molar-refractivity contribution in [2.75, 3.05) is 18.0 Å². The third-order valence-electron chi connectivity index (χ3n) is 2.88. The van der Waals surface area contributed by atoms with Gasteiger partial charge in [-0.25, -0.2) is 0 Å². The van der Waals surface area contributed by atoms with Crippen LogP contribution in [0.25, 0.3) is 4.83 Å². The van der Waals surface area contributed by atoms with E-state index in [9.17, 15) is 9.59 Å². The highest BCUT2D eigenvalue weighted by atomic mass is 32.1. The van der Waals surface area contributed by atoms with Crippen molar-refractivity contribution in [3.8, 4) is 5.75 Å². The van der Waals surface area contributed by atoms with Gasteiger partial charge in [0.2, 0.25) is 0 Å². The van der Waals surface area contributed by atoms with Crippen molar-refractivity contribution in [1.29, 1.82) is 0 Å². The Morgan fingerprint density at radius 2 is 2.11 bits per heavy atom. The largest absolute Gasteiger partial charge is 0.421 e. The summed E-state index contributed by atoms with van der Waals surface area (Å²) < 4.78 is 6.82. The van der Waals surface area contributed by atoms with Crippen LogP contribution in [0.3, 0.4) is 0 Å². The smallest absolute Gasteiger partial charge is 0.308 e. The Labute approximate surface area is 115 Å². The number of fused-ring (bicyclic) bond motifs is 1. The number of rotatable bonds is 4. The molecule has 2 rings (SSSR count). The maximum atomic E-state index is 12.0. The maximum absolute atomic E-state index is 12.0. The monoisotopic (exact) mass is 280 g/mol. The predicted octanol–water partition coefficient (Wildman–Crippen LogP) is 2.13. The third-order valence-corrected chi connectivity index (χ3v) is 3.75. The van der Waals surface area contributed by atoms with Crippen LogP contribution in [-0.4, -0.2) is 23.5 Å². The average molecular weight is 280 g/mol. The fraction of sp³-hybridized carbons (Fsp3) is 0.385. The van der Waals surface area contributed by atoms with Crippen LogP contribution >= 0.6 is 11.3 Å². The Balaban J connectivity index is 2.72. The van der Waals surface area contributed by atoms with Crippen LogP contribution in [0.1, 0.15) is 20.8 Å². The topological polar surface area (TPSA) is 51.0 Å². The van der Waals surface area contributed by atoms with Gasteiger partial charge in [0, 0.05) is 37.7 Å². The molecular formula is C13H16N2O3S. The summed E-state index contributed by atoms with van der Waals surface area (Å²) in [7, 11) is 0. The van der Waals surface area contributed by atoms with Gasteiger partial charge in [0.05, 0.1) is 5.69 Å². The van der Waals surface area contributed by atoms with Crippen molar-refractivity contribution in [2.24, 2.45) is 0 Å². The van der Waals surface area contributed by atoms with Crippen LogP contribution in [0.15, 0.2) is 22.4 Å². The SMILES string of the molecule is CCN(CC)c1cc(=O)n2ccsc2c1OC(C)=O. The van der Waals surface area contributed by atoms with Gasteiger partial charge in [-0.1, -0.05) is 0 Å². The number of hydrogen-bond acceptors (Lipinski definition) is 5. The predicted molar refractivity (Wildman–Crippen MR) is 76.4 cm³/mol. The third kappa shape index (κ3) is 2.49. The van der Waals surface area contributed by atoms with Gasteiger partial charge in [0.1, 0.15) is 4.83 Å². The lowest BCUT2D eigenvalue weighted by molar-refractivity contribution is -0.131. The molecule has 2 aromatic heterocycles. The zero-order valence-electron chi connectivity index (χ0n) is 11.2. The number of esters is 1. The van der Waals surface area contributed by atoms with Gasteiger partial charge in [-0.2, -0.15) is 0 Å². The minimum absolute atomic E-state index is 0.117. The lowest BCUT2D eigenvalue weighted by atomic mass is 10.3. The van der Waals surface area contributed by atoms with Crippen molar-refractivity contribution in [2.45, 2.75) is 20.8 Å². The van der Waals surface area contributed by atoms with E-state index in [1.807, 2.05) is 18.7 Å². The molecule has 0 atom stereocenters. The van der Waals surface area contributed by atoms with Crippen LogP contribution in [0, 0.1) is 0 Å². The molecule has 2 heterocycles. The molecule has 0 N–H and O–H groups in total. The Bertz CT molecular complexity index is 655. The Morgan fingerprint density at radius 3 is 2.68 bits per heavy atom. The standard InChI is InChI=1S/C13H16N2O3S/c1-4-14(5-2)10-8-11(17)15-6-7-19-13(15)12(10)18-9(3)16/h6-8H,4-5H2,1-3H3. The highest BCUT2D eigenvalue weighted by Crippen LogP contribution is 2.34. The first kappa shape index (κ1) is 13.6. The minimum atomic E-state index is -0.387. The van der Waals surface area contributed by atoms with Gasteiger partial charge >= 0.3 is 5.97 Å². The fourth-order valence-corrected chi connectivity index (χ4v) is 2.85. The number of hydrogen-bond donors (Lipinski definition) is 0. The molecular weight excluding hydrogens is 264 g/mol. The summed E-state index contributed by atoms with van der Waals surface area (Å²) in [6.45, 7) is 6.84. The molecule has 19 heavy (non-hydrogen) atoms. The molecule has 102 valence electrons. The van der Waals surface area contributed by atoms with Crippen molar-refractivity contribution in [3.63, 3.8) is 0 Å². The molecule has 0 aliphatic heterocycles. The molecule has 0 aliphatic rings. The summed E-state index contributed by atoms with van der Waals surface area (Å²) in [5, 5.41) is 1.80. The van der Waals surface area contributed by atoms with Gasteiger partial charge in [-0.05, 0) is 13.8 Å². The summed E-state index contributed by atoms with van der Waals surface area (Å²) in [4.78, 5) is 26.0. The molecule has 0 unspecified atom stereocenters. The zero-order chi connectivity index (χ0) is 14.0. The van der Waals surface area contributed by atoms with Crippen LogP contribution in [0.4, 0.5) is 5.69 Å². The van der Waals surface area contributed by atoms with E-state index in [2.05, 4.69) is 0 Å². The molecule has 0 aromatic carbocycles. The van der Waals surface area contributed by atoms with E-state index in [4.69, 9.17) is 4.74 Å². The summed E-state index contributed by atoms with van der Waals surface area (Å²) in [6, 6.07) is 1.52. The number of thiazole rings is 1. The number of aromatic nitrogens is 1. The Morgan fingerprint density at radius 1 is 1.42 bits per heavy atom. The van der Waals surface area contributed by atoms with E-state index in [1.54, 1.807) is 11.6 Å². The van der Waals surface area contributed by atoms with Crippen molar-refractivity contribution < 1.29 is 9.53 Å². The highest BCUT2D eigenvalue weighted by molar-refractivity contribution is 7.16. The second-order valence-electron chi connectivity index (χ2n) is 4.04. The summed E-state index contributed by atoms with van der Waals surface area (Å²) in [6.07, 6.45) is 1.68. The van der Waals surface area contributed by atoms with Crippen LogP contribution in [-0.2, 0) is 4.79 Å². The normalized spacial score (nSPS) is 10.7. The van der Waals surface area contributed by atoms with E-state index in [-0.39, 0.29) is 11.5 Å². The summed E-state index contributed by atoms with van der Waals surface area (Å²) in [5.74, 6) is 0.0770. The molecule has 6 heteroatoms. The quantitative estimate of drug-likeness (QED) is 0.805. The molecule has 0 aliphatic carbocycles. The number of ether oxygens (including phenoxy) is 1. The van der Waals surface area contributed by atoms with E-state index in [1.165, 1.54) is 28.7 Å². The summed E-state index contributed by atoms with van der Waals surface area (Å²) >= 11 is 1.38. The van der Waals surface area contributed by atoms with Gasteiger partial charge in [0.25, 0.3) is 5.56 Å². The first-order valence-corrected chi connectivity index (χ1v) is 7.02. The first-order valence-electron chi connectivity index (χ1n) is 6.14. The number of nitrogens with zero attached hydrogens (tertiary/aromatic N) is 2. The Kier molecular flexibility index (Phi) is 3.90. The van der Waals surface area contributed by atoms with E-state index >= 15 is 0 Å². The zero-order valence-corrected chi connectivity index (χ0v) is 12.0. The van der Waals surface area contributed by atoms with E-state index < -0.39 is 0 Å². The lowest BCUT2D eigenvalue weighted by Crippen LogP contribution is -2.25. The number of carbonyl (C=O) groups excluding carboxylic acids is 1.